The molecule has 182 valence electrons. The number of rotatable bonds is 15. The van der Waals surface area contributed by atoms with Gasteiger partial charge in [-0.2, -0.15) is 0 Å². The number of esters is 1. The minimum absolute atomic E-state index is 0.103. The second-order valence-electron chi connectivity index (χ2n) is 8.49. The first-order valence-electron chi connectivity index (χ1n) is 12.4. The highest BCUT2D eigenvalue weighted by Gasteiger charge is 2.08. The number of unbranched alkanes of at least 4 members (excludes halogenated alkanes) is 8. The number of pyridine rings is 1. The Morgan fingerprint density at radius 2 is 1.53 bits per heavy atom. The van der Waals surface area contributed by atoms with E-state index in [1.807, 2.05) is 43.3 Å². The van der Waals surface area contributed by atoms with Crippen molar-refractivity contribution in [3.8, 4) is 16.9 Å². The van der Waals surface area contributed by atoms with Gasteiger partial charge in [0.25, 0.3) is 0 Å². The van der Waals surface area contributed by atoms with E-state index >= 15 is 0 Å². The van der Waals surface area contributed by atoms with Crippen LogP contribution in [0.15, 0.2) is 58.0 Å². The van der Waals surface area contributed by atoms with E-state index in [2.05, 4.69) is 4.98 Å². The summed E-state index contributed by atoms with van der Waals surface area (Å²) in [6.45, 7) is 3.08. The fourth-order valence-corrected chi connectivity index (χ4v) is 3.82. The summed E-state index contributed by atoms with van der Waals surface area (Å²) in [5, 5.41) is 0.847. The van der Waals surface area contributed by atoms with Crippen LogP contribution in [0.5, 0.6) is 5.75 Å². The van der Waals surface area contributed by atoms with Crippen LogP contribution in [-0.4, -0.2) is 24.2 Å². The van der Waals surface area contributed by atoms with E-state index in [0.717, 1.165) is 42.4 Å². The number of nitrogens with zero attached hydrogens (tertiary/aromatic N) is 1. The van der Waals surface area contributed by atoms with Crippen LogP contribution in [0, 0.1) is 0 Å². The van der Waals surface area contributed by atoms with Gasteiger partial charge in [0.15, 0.2) is 5.58 Å². The fraction of sp³-hybridized carbons (Fsp3) is 0.464. The molecule has 6 heteroatoms. The van der Waals surface area contributed by atoms with Crippen molar-refractivity contribution in [3.63, 3.8) is 0 Å². The first-order chi connectivity index (χ1) is 16.7. The topological polar surface area (TPSA) is 78.6 Å². The summed E-state index contributed by atoms with van der Waals surface area (Å²) < 4.78 is 16.3. The van der Waals surface area contributed by atoms with Gasteiger partial charge in [-0.05, 0) is 42.7 Å². The molecule has 0 aliphatic rings. The average Bonchev–Trinajstić information content (AvgIpc) is 2.86. The molecule has 0 aliphatic carbocycles. The van der Waals surface area contributed by atoms with Gasteiger partial charge in [-0.25, -0.2) is 4.79 Å². The molecule has 0 N–H and O–H groups in total. The molecule has 2 aromatic heterocycles. The number of hydrogen-bond acceptors (Lipinski definition) is 6. The molecule has 0 saturated carbocycles. The summed E-state index contributed by atoms with van der Waals surface area (Å²) in [6.07, 6.45) is 14.2. The maximum absolute atomic E-state index is 12.3. The van der Waals surface area contributed by atoms with Gasteiger partial charge in [0.05, 0.1) is 25.0 Å². The zero-order valence-corrected chi connectivity index (χ0v) is 20.1. The number of hydrogen-bond donors (Lipinski definition) is 0. The molecule has 6 nitrogen and oxygen atoms in total. The zero-order valence-electron chi connectivity index (χ0n) is 20.1. The lowest BCUT2D eigenvalue weighted by atomic mass is 10.1. The highest BCUT2D eigenvalue weighted by Crippen LogP contribution is 2.23. The van der Waals surface area contributed by atoms with Gasteiger partial charge in [0.1, 0.15) is 5.75 Å². The van der Waals surface area contributed by atoms with Crippen molar-refractivity contribution in [2.24, 2.45) is 0 Å². The SMILES string of the molecule is CCC(=O)OCCCCCCCCCCCOc1ccc(-c2cc3ccncc3oc2=O)cc1. The molecule has 3 rings (SSSR count). The Kier molecular flexibility index (Phi) is 10.6. The highest BCUT2D eigenvalue weighted by molar-refractivity contribution is 5.80. The van der Waals surface area contributed by atoms with Crippen molar-refractivity contribution in [2.75, 3.05) is 13.2 Å². The standard InChI is InChI=1S/C28H35NO5/c1-2-27(30)33-19-11-9-7-5-3-4-6-8-10-18-32-24-14-12-22(13-15-24)25-20-23-16-17-29-21-26(23)34-28(25)31/h12-17,20-21H,2-11,18-19H2,1H3. The molecule has 0 spiro atoms. The lowest BCUT2D eigenvalue weighted by Crippen LogP contribution is -2.03. The Bertz CT molecular complexity index is 1070. The summed E-state index contributed by atoms with van der Waals surface area (Å²) in [6, 6.07) is 11.2. The first-order valence-corrected chi connectivity index (χ1v) is 12.4. The molecule has 0 aliphatic heterocycles. The molecule has 0 radical (unpaired) electrons. The van der Waals surface area contributed by atoms with Gasteiger partial charge < -0.3 is 13.9 Å². The fourth-order valence-electron chi connectivity index (χ4n) is 3.82. The minimum atomic E-state index is -0.369. The van der Waals surface area contributed by atoms with E-state index in [0.29, 0.717) is 30.8 Å². The highest BCUT2D eigenvalue weighted by atomic mass is 16.5. The molecular formula is C28H35NO5. The van der Waals surface area contributed by atoms with Crippen LogP contribution >= 0.6 is 0 Å². The van der Waals surface area contributed by atoms with Crippen molar-refractivity contribution >= 4 is 16.9 Å². The van der Waals surface area contributed by atoms with Crippen LogP contribution in [0.2, 0.25) is 0 Å². The van der Waals surface area contributed by atoms with Crippen molar-refractivity contribution in [2.45, 2.75) is 71.1 Å². The van der Waals surface area contributed by atoms with E-state index in [-0.39, 0.29) is 11.6 Å². The summed E-state index contributed by atoms with van der Waals surface area (Å²) >= 11 is 0. The predicted octanol–water partition coefficient (Wildman–Crippen LogP) is 6.70. The number of carbonyl (C=O) groups excluding carboxylic acids is 1. The molecule has 0 fully saturated rings. The summed E-state index contributed by atoms with van der Waals surface area (Å²) in [7, 11) is 0. The van der Waals surface area contributed by atoms with Crippen molar-refractivity contribution in [3.05, 3.63) is 59.2 Å². The Balaban J connectivity index is 1.26. The maximum atomic E-state index is 12.3. The van der Waals surface area contributed by atoms with Gasteiger partial charge in [-0.3, -0.25) is 9.78 Å². The average molecular weight is 466 g/mol. The van der Waals surface area contributed by atoms with Gasteiger partial charge in [-0.15, -0.1) is 0 Å². The molecule has 0 bridgehead atoms. The molecule has 0 saturated heterocycles. The third kappa shape index (κ3) is 8.32. The lowest BCUT2D eigenvalue weighted by molar-refractivity contribution is -0.143. The molecule has 0 amide bonds. The second kappa shape index (κ2) is 14.2. The number of ether oxygens (including phenoxy) is 2. The van der Waals surface area contributed by atoms with Gasteiger partial charge in [0, 0.05) is 18.0 Å². The molecule has 34 heavy (non-hydrogen) atoms. The molecule has 0 unspecified atom stereocenters. The summed E-state index contributed by atoms with van der Waals surface area (Å²) in [5.41, 5.74) is 1.46. The van der Waals surface area contributed by atoms with Gasteiger partial charge in [0.2, 0.25) is 0 Å². The summed E-state index contributed by atoms with van der Waals surface area (Å²) in [5.74, 6) is 0.706. The van der Waals surface area contributed by atoms with E-state index < -0.39 is 0 Å². The van der Waals surface area contributed by atoms with Crippen molar-refractivity contribution in [1.29, 1.82) is 0 Å². The van der Waals surface area contributed by atoms with E-state index in [4.69, 9.17) is 13.9 Å². The van der Waals surface area contributed by atoms with Crippen LogP contribution in [0.25, 0.3) is 22.1 Å². The number of aromatic nitrogens is 1. The smallest absolute Gasteiger partial charge is 0.344 e. The van der Waals surface area contributed by atoms with Crippen LogP contribution < -0.4 is 10.4 Å². The Morgan fingerprint density at radius 1 is 0.882 bits per heavy atom. The number of carbonyl (C=O) groups is 1. The molecule has 0 atom stereocenters. The third-order valence-corrected chi connectivity index (χ3v) is 5.81. The second-order valence-corrected chi connectivity index (χ2v) is 8.49. The first kappa shape index (κ1) is 25.5. The number of benzene rings is 1. The maximum Gasteiger partial charge on any atom is 0.344 e. The molecule has 2 heterocycles. The van der Waals surface area contributed by atoms with E-state index in [1.54, 1.807) is 12.4 Å². The number of fused-ring (bicyclic) bond motifs is 1. The lowest BCUT2D eigenvalue weighted by Gasteiger charge is -2.08. The third-order valence-electron chi connectivity index (χ3n) is 5.81. The summed E-state index contributed by atoms with van der Waals surface area (Å²) in [4.78, 5) is 27.3. The van der Waals surface area contributed by atoms with Crippen LogP contribution in [0.4, 0.5) is 0 Å². The van der Waals surface area contributed by atoms with E-state index in [1.165, 1.54) is 32.1 Å². The normalized spacial score (nSPS) is 11.0. The monoisotopic (exact) mass is 465 g/mol. The van der Waals surface area contributed by atoms with Gasteiger partial charge in [-0.1, -0.05) is 64.0 Å². The van der Waals surface area contributed by atoms with E-state index in [9.17, 15) is 9.59 Å². The minimum Gasteiger partial charge on any atom is -0.494 e. The van der Waals surface area contributed by atoms with Gasteiger partial charge >= 0.3 is 11.6 Å². The van der Waals surface area contributed by atoms with Crippen LogP contribution in [0.1, 0.15) is 71.1 Å². The Labute approximate surface area is 201 Å². The van der Waals surface area contributed by atoms with Crippen LogP contribution in [-0.2, 0) is 9.53 Å². The Hall–Kier alpha value is -3.15. The predicted molar refractivity (Wildman–Crippen MR) is 134 cm³/mol. The zero-order chi connectivity index (χ0) is 24.0. The molecule has 1 aromatic carbocycles. The molecular weight excluding hydrogens is 430 g/mol. The quantitative estimate of drug-likeness (QED) is 0.184. The largest absolute Gasteiger partial charge is 0.494 e. The van der Waals surface area contributed by atoms with Crippen molar-refractivity contribution in [1.82, 2.24) is 4.98 Å². The van der Waals surface area contributed by atoms with Crippen LogP contribution in [0.3, 0.4) is 0 Å². The molecule has 3 aromatic rings. The van der Waals surface area contributed by atoms with Crippen molar-refractivity contribution < 1.29 is 18.7 Å². The Morgan fingerprint density at radius 3 is 2.21 bits per heavy atom.